The zero-order valence-corrected chi connectivity index (χ0v) is 10.3. The fourth-order valence-corrected chi connectivity index (χ4v) is 3.00. The van der Waals surface area contributed by atoms with Crippen LogP contribution in [0.15, 0.2) is 5.38 Å². The fourth-order valence-electron chi connectivity index (χ4n) is 1.89. The number of hydrogen-bond acceptors (Lipinski definition) is 4. The lowest BCUT2D eigenvalue weighted by Crippen LogP contribution is -2.16. The molecule has 0 aromatic carbocycles. The monoisotopic (exact) mass is 226 g/mol. The molecule has 0 spiro atoms. The van der Waals surface area contributed by atoms with Crippen LogP contribution in [0.25, 0.3) is 0 Å². The number of nitrogens with zero attached hydrogens (tertiary/aromatic N) is 2. The number of aliphatic hydroxyl groups is 1. The van der Waals surface area contributed by atoms with Crippen molar-refractivity contribution in [2.45, 2.75) is 31.8 Å². The van der Waals surface area contributed by atoms with E-state index in [0.717, 1.165) is 18.8 Å². The first-order valence-corrected chi connectivity index (χ1v) is 6.21. The fraction of sp³-hybridized carbons (Fsp3) is 0.727. The lowest BCUT2D eigenvalue weighted by Gasteiger charge is -2.13. The van der Waals surface area contributed by atoms with Crippen LogP contribution in [0.3, 0.4) is 0 Å². The van der Waals surface area contributed by atoms with E-state index < -0.39 is 5.60 Å². The first-order valence-electron chi connectivity index (χ1n) is 5.33. The second kappa shape index (κ2) is 3.85. The van der Waals surface area contributed by atoms with Crippen molar-refractivity contribution < 1.29 is 5.11 Å². The van der Waals surface area contributed by atoms with Crippen LogP contribution in [-0.4, -0.2) is 35.1 Å². The van der Waals surface area contributed by atoms with Gasteiger partial charge in [0.15, 0.2) is 0 Å². The Labute approximate surface area is 94.8 Å². The van der Waals surface area contributed by atoms with Gasteiger partial charge in [0, 0.05) is 17.8 Å². The molecule has 15 heavy (non-hydrogen) atoms. The Morgan fingerprint density at radius 2 is 2.33 bits per heavy atom. The number of thiazole rings is 1. The van der Waals surface area contributed by atoms with Crippen LogP contribution in [0.2, 0.25) is 0 Å². The van der Waals surface area contributed by atoms with Crippen LogP contribution < -0.4 is 0 Å². The topological polar surface area (TPSA) is 36.4 Å². The normalized spacial score (nSPS) is 23.6. The zero-order chi connectivity index (χ0) is 11.1. The van der Waals surface area contributed by atoms with Crippen LogP contribution in [0.4, 0.5) is 0 Å². The molecule has 1 N–H and O–H groups in total. The molecule has 4 heteroatoms. The molecule has 1 aliphatic heterocycles. The van der Waals surface area contributed by atoms with Gasteiger partial charge < -0.3 is 10.0 Å². The van der Waals surface area contributed by atoms with E-state index in [1.54, 1.807) is 25.2 Å². The maximum absolute atomic E-state index is 9.83. The average molecular weight is 226 g/mol. The summed E-state index contributed by atoms with van der Waals surface area (Å²) in [5.74, 6) is 0.566. The van der Waals surface area contributed by atoms with Crippen molar-refractivity contribution >= 4 is 11.3 Å². The summed E-state index contributed by atoms with van der Waals surface area (Å²) in [6.07, 6.45) is 1.19. The van der Waals surface area contributed by atoms with Gasteiger partial charge in [-0.05, 0) is 33.9 Å². The van der Waals surface area contributed by atoms with Gasteiger partial charge in [0.2, 0.25) is 0 Å². The van der Waals surface area contributed by atoms with E-state index in [1.807, 2.05) is 5.38 Å². The summed E-state index contributed by atoms with van der Waals surface area (Å²) in [6.45, 7) is 5.82. The number of aromatic nitrogens is 1. The minimum Gasteiger partial charge on any atom is -0.384 e. The first kappa shape index (κ1) is 11.0. The Morgan fingerprint density at radius 3 is 2.80 bits per heavy atom. The van der Waals surface area contributed by atoms with Crippen LogP contribution >= 0.6 is 11.3 Å². The third kappa shape index (κ3) is 2.38. The smallest absolute Gasteiger partial charge is 0.102 e. The number of likely N-dealkylation sites (N-methyl/N-ethyl adjacent to an activating group) is 1. The Bertz CT molecular complexity index is 343. The number of rotatable bonds is 2. The molecular formula is C11H18N2OS. The summed E-state index contributed by atoms with van der Waals surface area (Å²) >= 11 is 1.68. The van der Waals surface area contributed by atoms with Crippen molar-refractivity contribution in [3.05, 3.63) is 16.1 Å². The molecule has 1 atom stereocenters. The highest BCUT2D eigenvalue weighted by Gasteiger charge is 2.26. The average Bonchev–Trinajstić information content (AvgIpc) is 2.69. The van der Waals surface area contributed by atoms with Crippen LogP contribution in [0, 0.1) is 0 Å². The molecule has 0 aliphatic carbocycles. The number of hydrogen-bond donors (Lipinski definition) is 1. The summed E-state index contributed by atoms with van der Waals surface area (Å²) < 4.78 is 0. The largest absolute Gasteiger partial charge is 0.384 e. The van der Waals surface area contributed by atoms with Crippen LogP contribution in [0.5, 0.6) is 0 Å². The Hall–Kier alpha value is -0.450. The molecule has 2 rings (SSSR count). The molecule has 0 bridgehead atoms. The highest BCUT2D eigenvalue weighted by atomic mass is 32.1. The van der Waals surface area contributed by atoms with E-state index in [4.69, 9.17) is 0 Å². The van der Waals surface area contributed by atoms with Gasteiger partial charge in [0.05, 0.1) is 10.7 Å². The Balaban J connectivity index is 2.14. The maximum atomic E-state index is 9.83. The lowest BCUT2D eigenvalue weighted by atomic mass is 10.1. The van der Waals surface area contributed by atoms with Crippen molar-refractivity contribution in [2.24, 2.45) is 0 Å². The van der Waals surface area contributed by atoms with E-state index >= 15 is 0 Å². The molecule has 0 radical (unpaired) electrons. The maximum Gasteiger partial charge on any atom is 0.102 e. The van der Waals surface area contributed by atoms with Crippen molar-refractivity contribution in [1.29, 1.82) is 0 Å². The van der Waals surface area contributed by atoms with Crippen molar-refractivity contribution in [3.63, 3.8) is 0 Å². The highest BCUT2D eigenvalue weighted by molar-refractivity contribution is 7.09. The molecule has 84 valence electrons. The predicted molar refractivity (Wildman–Crippen MR) is 62.2 cm³/mol. The van der Waals surface area contributed by atoms with Gasteiger partial charge in [0.25, 0.3) is 0 Å². The van der Waals surface area contributed by atoms with E-state index in [0.29, 0.717) is 5.92 Å². The van der Waals surface area contributed by atoms with Crippen molar-refractivity contribution in [3.8, 4) is 0 Å². The van der Waals surface area contributed by atoms with Crippen LogP contribution in [0.1, 0.15) is 36.9 Å². The lowest BCUT2D eigenvalue weighted by molar-refractivity contribution is 0.0743. The van der Waals surface area contributed by atoms with Gasteiger partial charge >= 0.3 is 0 Å². The molecule has 1 aliphatic rings. The molecule has 2 heterocycles. The predicted octanol–water partition coefficient (Wildman–Crippen LogP) is 1.79. The number of likely N-dealkylation sites (tertiary alicyclic amines) is 1. The van der Waals surface area contributed by atoms with E-state index in [2.05, 4.69) is 16.9 Å². The summed E-state index contributed by atoms with van der Waals surface area (Å²) in [5.41, 5.74) is -0.00347. The Morgan fingerprint density at radius 1 is 1.60 bits per heavy atom. The molecule has 0 saturated carbocycles. The summed E-state index contributed by atoms with van der Waals surface area (Å²) in [7, 11) is 2.14. The summed E-state index contributed by atoms with van der Waals surface area (Å²) in [4.78, 5) is 6.87. The van der Waals surface area contributed by atoms with Gasteiger partial charge in [-0.1, -0.05) is 0 Å². The summed E-state index contributed by atoms with van der Waals surface area (Å²) in [6, 6.07) is 0. The molecule has 1 unspecified atom stereocenters. The minimum absolute atomic E-state index is 0.566. The molecular weight excluding hydrogens is 208 g/mol. The zero-order valence-electron chi connectivity index (χ0n) is 9.53. The Kier molecular flexibility index (Phi) is 2.83. The van der Waals surface area contributed by atoms with Crippen molar-refractivity contribution in [2.75, 3.05) is 20.1 Å². The molecule has 1 saturated heterocycles. The first-order chi connectivity index (χ1) is 6.97. The van der Waals surface area contributed by atoms with Gasteiger partial charge in [-0.2, -0.15) is 0 Å². The molecule has 3 nitrogen and oxygen atoms in total. The van der Waals surface area contributed by atoms with Gasteiger partial charge in [-0.25, -0.2) is 4.98 Å². The second-order valence-corrected chi connectivity index (χ2v) is 5.77. The standard InChI is InChI=1S/C11H18N2OS/c1-11(2,14)9-7-15-10(12-9)8-4-5-13(3)6-8/h7-8,14H,4-6H2,1-3H3. The highest BCUT2D eigenvalue weighted by Crippen LogP contribution is 2.31. The molecule has 1 aromatic rings. The van der Waals surface area contributed by atoms with Gasteiger partial charge in [-0.3, -0.25) is 0 Å². The molecule has 1 fully saturated rings. The van der Waals surface area contributed by atoms with E-state index in [1.165, 1.54) is 11.4 Å². The third-order valence-electron chi connectivity index (χ3n) is 2.89. The third-order valence-corrected chi connectivity index (χ3v) is 3.90. The van der Waals surface area contributed by atoms with Gasteiger partial charge in [0.1, 0.15) is 5.60 Å². The summed E-state index contributed by atoms with van der Waals surface area (Å²) in [5, 5.41) is 13.0. The van der Waals surface area contributed by atoms with E-state index in [-0.39, 0.29) is 0 Å². The molecule has 1 aromatic heterocycles. The van der Waals surface area contributed by atoms with E-state index in [9.17, 15) is 5.11 Å². The molecule has 0 amide bonds. The van der Waals surface area contributed by atoms with Crippen LogP contribution in [-0.2, 0) is 5.60 Å². The second-order valence-electron chi connectivity index (χ2n) is 4.88. The SMILES string of the molecule is CN1CCC(c2nc(C(C)(C)O)cs2)C1. The quantitative estimate of drug-likeness (QED) is 0.835. The minimum atomic E-state index is -0.806. The van der Waals surface area contributed by atoms with Crippen molar-refractivity contribution in [1.82, 2.24) is 9.88 Å². The van der Waals surface area contributed by atoms with Gasteiger partial charge in [-0.15, -0.1) is 11.3 Å².